The molecule has 4 nitrogen and oxygen atoms in total. The molecule has 0 bridgehead atoms. The van der Waals surface area contributed by atoms with Gasteiger partial charge in [-0.15, -0.1) is 11.3 Å². The lowest BCUT2D eigenvalue weighted by Gasteiger charge is -2.05. The predicted molar refractivity (Wildman–Crippen MR) is 73.1 cm³/mol. The monoisotopic (exact) mass is 361 g/mol. The highest BCUT2D eigenvalue weighted by Crippen LogP contribution is 2.34. The van der Waals surface area contributed by atoms with Crippen LogP contribution in [-0.2, 0) is 10.0 Å². The fourth-order valence-corrected chi connectivity index (χ4v) is 4.65. The number of rotatable bonds is 6. The molecule has 0 aromatic carbocycles. The Kier molecular flexibility index (Phi) is 5.88. The maximum atomic E-state index is 11.8. The van der Waals surface area contributed by atoms with Crippen molar-refractivity contribution in [1.29, 1.82) is 0 Å². The number of hydrogen-bond donors (Lipinski definition) is 2. The van der Waals surface area contributed by atoms with Gasteiger partial charge in [-0.2, -0.15) is 0 Å². The first-order valence-electron chi connectivity index (χ1n) is 4.95. The van der Waals surface area contributed by atoms with E-state index in [1.165, 1.54) is 6.07 Å². The third-order valence-electron chi connectivity index (χ3n) is 1.98. The van der Waals surface area contributed by atoms with Crippen LogP contribution in [0, 0.1) is 0 Å². The Morgan fingerprint density at radius 2 is 2.29 bits per heavy atom. The molecular weight excluding hydrogens is 350 g/mol. The van der Waals surface area contributed by atoms with E-state index >= 15 is 0 Å². The predicted octanol–water partition coefficient (Wildman–Crippen LogP) is 2.60. The van der Waals surface area contributed by atoms with Gasteiger partial charge in [0.15, 0.2) is 0 Å². The molecule has 1 rings (SSSR count). The van der Waals surface area contributed by atoms with Crippen molar-refractivity contribution < 1.29 is 13.5 Å². The summed E-state index contributed by atoms with van der Waals surface area (Å²) in [6.07, 6.45) is 0.749. The Hall–Kier alpha value is 0.340. The molecule has 1 unspecified atom stereocenters. The highest BCUT2D eigenvalue weighted by Gasteiger charge is 2.18. The maximum absolute atomic E-state index is 11.8. The van der Waals surface area contributed by atoms with E-state index in [2.05, 4.69) is 20.7 Å². The zero-order chi connectivity index (χ0) is 13.1. The quantitative estimate of drug-likeness (QED) is 0.764. The molecule has 0 fully saturated rings. The Balaban J connectivity index is 2.57. The Morgan fingerprint density at radius 1 is 1.65 bits per heavy atom. The fourth-order valence-electron chi connectivity index (χ4n) is 1.13. The standard InChI is InChI=1S/C9H13BrClNO3S2/c1-6(13)3-2-4-12-17(14,15)8-5-7(11)9(10)16-8/h5-6,12-13H,2-4H2,1H3. The van der Waals surface area contributed by atoms with Crippen LogP contribution in [0.5, 0.6) is 0 Å². The van der Waals surface area contributed by atoms with Crippen molar-refractivity contribution in [2.24, 2.45) is 0 Å². The number of aliphatic hydroxyl groups excluding tert-OH is 1. The summed E-state index contributed by atoms with van der Waals surface area (Å²) in [7, 11) is -3.49. The van der Waals surface area contributed by atoms with E-state index in [9.17, 15) is 8.42 Å². The Morgan fingerprint density at radius 3 is 2.76 bits per heavy atom. The van der Waals surface area contributed by atoms with Gasteiger partial charge in [-0.05, 0) is 41.8 Å². The van der Waals surface area contributed by atoms with Gasteiger partial charge in [0, 0.05) is 6.54 Å². The molecule has 98 valence electrons. The van der Waals surface area contributed by atoms with Crippen LogP contribution in [0.3, 0.4) is 0 Å². The lowest BCUT2D eigenvalue weighted by atomic mass is 10.2. The smallest absolute Gasteiger partial charge is 0.250 e. The molecular formula is C9H13BrClNO3S2. The lowest BCUT2D eigenvalue weighted by Crippen LogP contribution is -2.24. The van der Waals surface area contributed by atoms with Gasteiger partial charge >= 0.3 is 0 Å². The fraction of sp³-hybridized carbons (Fsp3) is 0.556. The first kappa shape index (κ1) is 15.4. The van der Waals surface area contributed by atoms with Crippen molar-refractivity contribution in [2.45, 2.75) is 30.1 Å². The number of sulfonamides is 1. The minimum Gasteiger partial charge on any atom is -0.393 e. The number of halogens is 2. The molecule has 1 heterocycles. The molecule has 0 aliphatic carbocycles. The van der Waals surface area contributed by atoms with E-state index in [0.29, 0.717) is 28.2 Å². The van der Waals surface area contributed by atoms with E-state index in [0.717, 1.165) is 11.3 Å². The average molecular weight is 363 g/mol. The molecule has 0 aliphatic rings. The normalized spacial score (nSPS) is 13.9. The first-order chi connectivity index (χ1) is 7.83. The second-order valence-electron chi connectivity index (χ2n) is 3.58. The summed E-state index contributed by atoms with van der Waals surface area (Å²) in [5.41, 5.74) is 0. The molecule has 8 heteroatoms. The van der Waals surface area contributed by atoms with Gasteiger partial charge in [-0.1, -0.05) is 11.6 Å². The van der Waals surface area contributed by atoms with E-state index in [-0.39, 0.29) is 4.21 Å². The lowest BCUT2D eigenvalue weighted by molar-refractivity contribution is 0.182. The van der Waals surface area contributed by atoms with Crippen LogP contribution in [-0.4, -0.2) is 26.2 Å². The molecule has 0 saturated heterocycles. The largest absolute Gasteiger partial charge is 0.393 e. The molecule has 1 aromatic heterocycles. The zero-order valence-corrected chi connectivity index (χ0v) is 13.1. The molecule has 2 N–H and O–H groups in total. The Labute approximate surface area is 118 Å². The third-order valence-corrected chi connectivity index (χ3v) is 6.39. The highest BCUT2D eigenvalue weighted by molar-refractivity contribution is 9.11. The van der Waals surface area contributed by atoms with Crippen LogP contribution in [0.2, 0.25) is 5.02 Å². The SMILES string of the molecule is CC(O)CCCNS(=O)(=O)c1cc(Cl)c(Br)s1. The Bertz CT molecular complexity index is 453. The van der Waals surface area contributed by atoms with E-state index < -0.39 is 16.1 Å². The van der Waals surface area contributed by atoms with Gasteiger partial charge in [0.25, 0.3) is 0 Å². The van der Waals surface area contributed by atoms with Crippen LogP contribution in [0.15, 0.2) is 14.1 Å². The molecule has 0 spiro atoms. The molecule has 0 aliphatic heterocycles. The summed E-state index contributed by atoms with van der Waals surface area (Å²) in [4.78, 5) is 0. The third kappa shape index (κ3) is 4.84. The minimum atomic E-state index is -3.49. The minimum absolute atomic E-state index is 0.187. The summed E-state index contributed by atoms with van der Waals surface area (Å²) in [6, 6.07) is 1.41. The van der Waals surface area contributed by atoms with Gasteiger partial charge in [-0.3, -0.25) is 0 Å². The zero-order valence-electron chi connectivity index (χ0n) is 9.11. The van der Waals surface area contributed by atoms with Crippen molar-refractivity contribution >= 4 is 48.9 Å². The molecule has 0 amide bonds. The summed E-state index contributed by atoms with van der Waals surface area (Å²) >= 11 is 10.0. The van der Waals surface area contributed by atoms with E-state index in [1.54, 1.807) is 6.92 Å². The first-order valence-corrected chi connectivity index (χ1v) is 8.42. The van der Waals surface area contributed by atoms with Crippen molar-refractivity contribution in [2.75, 3.05) is 6.54 Å². The number of aliphatic hydroxyl groups is 1. The van der Waals surface area contributed by atoms with Crippen LogP contribution in [0.4, 0.5) is 0 Å². The highest BCUT2D eigenvalue weighted by atomic mass is 79.9. The molecule has 0 radical (unpaired) electrons. The molecule has 17 heavy (non-hydrogen) atoms. The number of hydrogen-bond acceptors (Lipinski definition) is 4. The van der Waals surface area contributed by atoms with Gasteiger partial charge in [0.2, 0.25) is 10.0 Å². The van der Waals surface area contributed by atoms with Crippen LogP contribution in [0.1, 0.15) is 19.8 Å². The summed E-state index contributed by atoms with van der Waals surface area (Å²) in [6.45, 7) is 1.98. The molecule has 0 saturated carbocycles. The van der Waals surface area contributed by atoms with Gasteiger partial charge in [-0.25, -0.2) is 13.1 Å². The van der Waals surface area contributed by atoms with Crippen LogP contribution < -0.4 is 4.72 Å². The topological polar surface area (TPSA) is 66.4 Å². The van der Waals surface area contributed by atoms with Crippen molar-refractivity contribution in [3.05, 3.63) is 14.9 Å². The van der Waals surface area contributed by atoms with Crippen molar-refractivity contribution in [3.63, 3.8) is 0 Å². The van der Waals surface area contributed by atoms with Crippen molar-refractivity contribution in [1.82, 2.24) is 4.72 Å². The second-order valence-corrected chi connectivity index (χ2v) is 8.35. The second kappa shape index (κ2) is 6.49. The van der Waals surface area contributed by atoms with E-state index in [4.69, 9.17) is 16.7 Å². The number of nitrogens with one attached hydrogen (secondary N) is 1. The van der Waals surface area contributed by atoms with Gasteiger partial charge in [0.1, 0.15) is 4.21 Å². The summed E-state index contributed by atoms with van der Waals surface area (Å²) in [5, 5.41) is 9.43. The van der Waals surface area contributed by atoms with Crippen LogP contribution >= 0.6 is 38.9 Å². The average Bonchev–Trinajstić information content (AvgIpc) is 2.55. The number of thiophene rings is 1. The molecule has 1 aromatic rings. The summed E-state index contributed by atoms with van der Waals surface area (Å²) < 4.78 is 26.8. The van der Waals surface area contributed by atoms with Crippen LogP contribution in [0.25, 0.3) is 0 Å². The van der Waals surface area contributed by atoms with Gasteiger partial charge < -0.3 is 5.11 Å². The van der Waals surface area contributed by atoms with E-state index in [1.807, 2.05) is 0 Å². The van der Waals surface area contributed by atoms with Gasteiger partial charge in [0.05, 0.1) is 14.9 Å². The van der Waals surface area contributed by atoms with Crippen molar-refractivity contribution in [3.8, 4) is 0 Å². The summed E-state index contributed by atoms with van der Waals surface area (Å²) in [5.74, 6) is 0. The molecule has 1 atom stereocenters. The maximum Gasteiger partial charge on any atom is 0.250 e.